The van der Waals surface area contributed by atoms with Crippen molar-refractivity contribution in [2.75, 3.05) is 5.32 Å². The molecule has 3 aromatic rings. The third kappa shape index (κ3) is 3.89. The van der Waals surface area contributed by atoms with Crippen molar-refractivity contribution in [2.24, 2.45) is 0 Å². The Balaban J connectivity index is 1.74. The van der Waals surface area contributed by atoms with Crippen LogP contribution in [0.15, 0.2) is 66.1 Å². The van der Waals surface area contributed by atoms with Crippen LogP contribution in [-0.2, 0) is 4.79 Å². The van der Waals surface area contributed by atoms with Crippen molar-refractivity contribution < 1.29 is 9.72 Å². The lowest BCUT2D eigenvalue weighted by atomic mass is 10.2. The molecule has 0 aliphatic rings. The highest BCUT2D eigenvalue weighted by molar-refractivity contribution is 8.00. The first kappa shape index (κ1) is 17.6. The number of nitro benzene ring substituents is 1. The van der Waals surface area contributed by atoms with Gasteiger partial charge < -0.3 is 5.32 Å². The monoisotopic (exact) mass is 369 g/mol. The number of thioether (sulfide) groups is 1. The Morgan fingerprint density at radius 1 is 1.19 bits per heavy atom. The molecule has 1 atom stereocenters. The van der Waals surface area contributed by atoms with Gasteiger partial charge in [-0.05, 0) is 25.1 Å². The van der Waals surface area contributed by atoms with Crippen LogP contribution in [0.3, 0.4) is 0 Å². The van der Waals surface area contributed by atoms with Crippen molar-refractivity contribution in [1.82, 2.24) is 14.8 Å². The average molecular weight is 369 g/mol. The van der Waals surface area contributed by atoms with Crippen LogP contribution < -0.4 is 5.32 Å². The molecule has 0 spiro atoms. The van der Waals surface area contributed by atoms with E-state index in [1.807, 2.05) is 30.3 Å². The highest BCUT2D eigenvalue weighted by atomic mass is 32.2. The number of anilines is 1. The number of rotatable bonds is 6. The number of amides is 1. The smallest absolute Gasteiger partial charge is 0.292 e. The second kappa shape index (κ2) is 7.79. The average Bonchev–Trinajstić information content (AvgIpc) is 3.10. The molecule has 3 rings (SSSR count). The quantitative estimate of drug-likeness (QED) is 0.406. The summed E-state index contributed by atoms with van der Waals surface area (Å²) >= 11 is 1.22. The van der Waals surface area contributed by atoms with E-state index in [-0.39, 0.29) is 17.3 Å². The summed E-state index contributed by atoms with van der Waals surface area (Å²) in [5.74, 6) is -0.355. The Hall–Kier alpha value is -3.20. The summed E-state index contributed by atoms with van der Waals surface area (Å²) in [5, 5.41) is 21.7. The maximum atomic E-state index is 12.4. The van der Waals surface area contributed by atoms with Crippen molar-refractivity contribution in [3.63, 3.8) is 0 Å². The zero-order chi connectivity index (χ0) is 18.5. The summed E-state index contributed by atoms with van der Waals surface area (Å²) in [6, 6.07) is 15.5. The summed E-state index contributed by atoms with van der Waals surface area (Å²) in [5.41, 5.74) is 0.899. The summed E-state index contributed by atoms with van der Waals surface area (Å²) in [4.78, 5) is 23.0. The Bertz CT molecular complexity index is 929. The fraction of sp³-hybridized carbons (Fsp3) is 0.118. The maximum Gasteiger partial charge on any atom is 0.292 e. The van der Waals surface area contributed by atoms with Gasteiger partial charge in [0.05, 0.1) is 10.2 Å². The minimum absolute atomic E-state index is 0.148. The number of hydrogen-bond acceptors (Lipinski definition) is 6. The lowest BCUT2D eigenvalue weighted by Gasteiger charge is -2.12. The van der Waals surface area contributed by atoms with Crippen LogP contribution in [0.5, 0.6) is 0 Å². The second-order valence-electron chi connectivity index (χ2n) is 5.34. The first-order valence-corrected chi connectivity index (χ1v) is 8.60. The molecule has 1 heterocycles. The number of para-hydroxylation sites is 3. The zero-order valence-electron chi connectivity index (χ0n) is 13.8. The Labute approximate surface area is 153 Å². The van der Waals surface area contributed by atoms with Gasteiger partial charge in [0.25, 0.3) is 5.69 Å². The minimum atomic E-state index is -0.528. The van der Waals surface area contributed by atoms with Gasteiger partial charge in [0.15, 0.2) is 5.16 Å². The molecule has 132 valence electrons. The van der Waals surface area contributed by atoms with Gasteiger partial charge in [-0.15, -0.1) is 10.2 Å². The molecule has 0 bridgehead atoms. The van der Waals surface area contributed by atoms with E-state index in [4.69, 9.17) is 0 Å². The zero-order valence-corrected chi connectivity index (χ0v) is 14.6. The SMILES string of the molecule is CC(Sc1nncn1-c1ccccc1)C(=O)Nc1ccccc1[N+](=O)[O-]. The van der Waals surface area contributed by atoms with Gasteiger partial charge in [-0.25, -0.2) is 0 Å². The van der Waals surface area contributed by atoms with Crippen molar-refractivity contribution in [3.05, 3.63) is 71.0 Å². The number of nitro groups is 1. The third-order valence-corrected chi connectivity index (χ3v) is 4.62. The van der Waals surface area contributed by atoms with E-state index in [1.54, 1.807) is 30.0 Å². The summed E-state index contributed by atoms with van der Waals surface area (Å²) in [6.07, 6.45) is 1.57. The van der Waals surface area contributed by atoms with Crippen molar-refractivity contribution >= 4 is 29.0 Å². The van der Waals surface area contributed by atoms with Gasteiger partial charge >= 0.3 is 0 Å². The summed E-state index contributed by atoms with van der Waals surface area (Å²) in [6.45, 7) is 1.71. The number of carbonyl (C=O) groups excluding carboxylic acids is 1. The second-order valence-corrected chi connectivity index (χ2v) is 6.65. The van der Waals surface area contributed by atoms with E-state index in [0.29, 0.717) is 5.16 Å². The Morgan fingerprint density at radius 3 is 2.62 bits per heavy atom. The van der Waals surface area contributed by atoms with Crippen LogP contribution in [0.4, 0.5) is 11.4 Å². The molecule has 9 heteroatoms. The molecule has 1 aromatic heterocycles. The fourth-order valence-electron chi connectivity index (χ4n) is 2.26. The van der Waals surface area contributed by atoms with E-state index in [0.717, 1.165) is 5.69 Å². The molecule has 0 aliphatic heterocycles. The van der Waals surface area contributed by atoms with Gasteiger partial charge in [0, 0.05) is 11.8 Å². The highest BCUT2D eigenvalue weighted by Crippen LogP contribution is 2.27. The summed E-state index contributed by atoms with van der Waals surface area (Å²) in [7, 11) is 0. The molecule has 1 unspecified atom stereocenters. The number of aromatic nitrogens is 3. The van der Waals surface area contributed by atoms with E-state index in [1.165, 1.54) is 23.9 Å². The first-order valence-electron chi connectivity index (χ1n) is 7.72. The van der Waals surface area contributed by atoms with E-state index < -0.39 is 10.2 Å². The number of carbonyl (C=O) groups is 1. The van der Waals surface area contributed by atoms with Gasteiger partial charge in [0.1, 0.15) is 12.0 Å². The van der Waals surface area contributed by atoms with Crippen molar-refractivity contribution in [3.8, 4) is 5.69 Å². The maximum absolute atomic E-state index is 12.4. The van der Waals surface area contributed by atoms with E-state index >= 15 is 0 Å². The normalized spacial score (nSPS) is 11.7. The number of hydrogen-bond donors (Lipinski definition) is 1. The van der Waals surface area contributed by atoms with E-state index in [9.17, 15) is 14.9 Å². The molecular weight excluding hydrogens is 354 g/mol. The Kier molecular flexibility index (Phi) is 5.28. The molecule has 1 amide bonds. The van der Waals surface area contributed by atoms with Crippen LogP contribution in [0.2, 0.25) is 0 Å². The van der Waals surface area contributed by atoms with Gasteiger partial charge in [-0.1, -0.05) is 42.1 Å². The van der Waals surface area contributed by atoms with Crippen LogP contribution in [0, 0.1) is 10.1 Å². The number of nitrogens with one attached hydrogen (secondary N) is 1. The fourth-order valence-corrected chi connectivity index (χ4v) is 3.10. The van der Waals surface area contributed by atoms with Gasteiger partial charge in [-0.3, -0.25) is 19.5 Å². The van der Waals surface area contributed by atoms with Crippen molar-refractivity contribution in [1.29, 1.82) is 0 Å². The molecule has 0 aliphatic carbocycles. The molecular formula is C17H15N5O3S. The largest absolute Gasteiger partial charge is 0.319 e. The third-order valence-electron chi connectivity index (χ3n) is 3.56. The predicted octanol–water partition coefficient (Wildman–Crippen LogP) is 3.29. The number of nitrogens with zero attached hydrogens (tertiary/aromatic N) is 4. The van der Waals surface area contributed by atoms with E-state index in [2.05, 4.69) is 15.5 Å². The molecule has 8 nitrogen and oxygen atoms in total. The predicted molar refractivity (Wildman–Crippen MR) is 98.4 cm³/mol. The topological polar surface area (TPSA) is 103 Å². The number of benzene rings is 2. The summed E-state index contributed by atoms with van der Waals surface area (Å²) < 4.78 is 1.78. The molecule has 0 fully saturated rings. The first-order chi connectivity index (χ1) is 12.6. The van der Waals surface area contributed by atoms with Crippen LogP contribution in [-0.4, -0.2) is 30.8 Å². The van der Waals surface area contributed by atoms with Crippen LogP contribution in [0.25, 0.3) is 5.69 Å². The highest BCUT2D eigenvalue weighted by Gasteiger charge is 2.21. The lowest BCUT2D eigenvalue weighted by molar-refractivity contribution is -0.383. The lowest BCUT2D eigenvalue weighted by Crippen LogP contribution is -2.23. The Morgan fingerprint density at radius 2 is 1.88 bits per heavy atom. The molecule has 2 aromatic carbocycles. The molecule has 0 radical (unpaired) electrons. The molecule has 26 heavy (non-hydrogen) atoms. The van der Waals surface area contributed by atoms with Gasteiger partial charge in [-0.2, -0.15) is 0 Å². The molecule has 0 saturated carbocycles. The minimum Gasteiger partial charge on any atom is -0.319 e. The molecule has 1 N–H and O–H groups in total. The molecule has 0 saturated heterocycles. The standard InChI is InChI=1S/C17H15N5O3S/c1-12(16(23)19-14-9-5-6-10-15(14)22(24)25)26-17-20-18-11-21(17)13-7-3-2-4-8-13/h2-12H,1H3,(H,19,23). The van der Waals surface area contributed by atoms with Gasteiger partial charge in [0.2, 0.25) is 5.91 Å². The van der Waals surface area contributed by atoms with Crippen LogP contribution >= 0.6 is 11.8 Å². The van der Waals surface area contributed by atoms with Crippen molar-refractivity contribution in [2.45, 2.75) is 17.3 Å². The van der Waals surface area contributed by atoms with Crippen LogP contribution in [0.1, 0.15) is 6.92 Å².